The van der Waals surface area contributed by atoms with Gasteiger partial charge in [0.25, 0.3) is 0 Å². The Morgan fingerprint density at radius 1 is 1.00 bits per heavy atom. The first-order chi connectivity index (χ1) is 9.69. The fourth-order valence-electron chi connectivity index (χ4n) is 2.18. The highest BCUT2D eigenvalue weighted by Gasteiger charge is 2.13. The predicted octanol–water partition coefficient (Wildman–Crippen LogP) is 4.24. The summed E-state index contributed by atoms with van der Waals surface area (Å²) in [6.45, 7) is 4.45. The SMILES string of the molecule is CC(C)C(Cc1ccccc1)Nc1ccc(C#N)cc1. The van der Waals surface area contributed by atoms with Crippen LogP contribution in [0.3, 0.4) is 0 Å². The molecule has 0 aromatic heterocycles. The van der Waals surface area contributed by atoms with Gasteiger partial charge in [-0.2, -0.15) is 5.26 Å². The summed E-state index contributed by atoms with van der Waals surface area (Å²) in [6, 6.07) is 20.7. The summed E-state index contributed by atoms with van der Waals surface area (Å²) < 4.78 is 0. The third-order valence-electron chi connectivity index (χ3n) is 3.47. The van der Waals surface area contributed by atoms with Gasteiger partial charge in [-0.25, -0.2) is 0 Å². The topological polar surface area (TPSA) is 35.8 Å². The van der Waals surface area contributed by atoms with Crippen LogP contribution in [0, 0.1) is 17.2 Å². The van der Waals surface area contributed by atoms with Gasteiger partial charge in [0, 0.05) is 11.7 Å². The van der Waals surface area contributed by atoms with Crippen molar-refractivity contribution >= 4 is 5.69 Å². The van der Waals surface area contributed by atoms with Crippen LogP contribution in [0.25, 0.3) is 0 Å². The van der Waals surface area contributed by atoms with Gasteiger partial charge in [0.2, 0.25) is 0 Å². The zero-order valence-electron chi connectivity index (χ0n) is 12.0. The molecule has 0 aliphatic carbocycles. The van der Waals surface area contributed by atoms with Crippen LogP contribution in [0.4, 0.5) is 5.69 Å². The second-order valence-corrected chi connectivity index (χ2v) is 5.37. The average molecular weight is 264 g/mol. The van der Waals surface area contributed by atoms with E-state index in [-0.39, 0.29) is 0 Å². The van der Waals surface area contributed by atoms with Crippen molar-refractivity contribution in [2.24, 2.45) is 5.92 Å². The maximum absolute atomic E-state index is 8.82. The summed E-state index contributed by atoms with van der Waals surface area (Å²) in [7, 11) is 0. The number of nitriles is 1. The van der Waals surface area contributed by atoms with Crippen LogP contribution in [-0.2, 0) is 6.42 Å². The molecule has 0 bridgehead atoms. The molecule has 0 heterocycles. The summed E-state index contributed by atoms with van der Waals surface area (Å²) >= 11 is 0. The molecular weight excluding hydrogens is 244 g/mol. The number of hydrogen-bond acceptors (Lipinski definition) is 2. The van der Waals surface area contributed by atoms with E-state index in [0.29, 0.717) is 17.5 Å². The molecule has 1 N–H and O–H groups in total. The van der Waals surface area contributed by atoms with Gasteiger partial charge in [-0.15, -0.1) is 0 Å². The summed E-state index contributed by atoms with van der Waals surface area (Å²) in [5, 5.41) is 12.4. The molecule has 0 fully saturated rings. The van der Waals surface area contributed by atoms with Crippen LogP contribution >= 0.6 is 0 Å². The lowest BCUT2D eigenvalue weighted by atomic mass is 9.96. The highest BCUT2D eigenvalue weighted by molar-refractivity contribution is 5.48. The van der Waals surface area contributed by atoms with Gasteiger partial charge in [0.15, 0.2) is 0 Å². The summed E-state index contributed by atoms with van der Waals surface area (Å²) in [5.74, 6) is 0.533. The van der Waals surface area contributed by atoms with Crippen LogP contribution in [0.5, 0.6) is 0 Å². The van der Waals surface area contributed by atoms with Gasteiger partial charge < -0.3 is 5.32 Å². The fourth-order valence-corrected chi connectivity index (χ4v) is 2.18. The van der Waals surface area contributed by atoms with Crippen molar-refractivity contribution in [2.75, 3.05) is 5.32 Å². The average Bonchev–Trinajstić information content (AvgIpc) is 2.48. The first-order valence-electron chi connectivity index (χ1n) is 6.99. The van der Waals surface area contributed by atoms with E-state index in [1.807, 2.05) is 30.3 Å². The third kappa shape index (κ3) is 3.86. The molecule has 0 spiro atoms. The number of hydrogen-bond donors (Lipinski definition) is 1. The molecule has 2 aromatic carbocycles. The molecule has 2 rings (SSSR count). The van der Waals surface area contributed by atoms with Gasteiger partial charge in [0.1, 0.15) is 0 Å². The van der Waals surface area contributed by atoms with Gasteiger partial charge in [-0.3, -0.25) is 0 Å². The summed E-state index contributed by atoms with van der Waals surface area (Å²) in [5.41, 5.74) is 3.10. The van der Waals surface area contributed by atoms with E-state index in [1.54, 1.807) is 0 Å². The molecule has 1 atom stereocenters. The third-order valence-corrected chi connectivity index (χ3v) is 3.47. The molecule has 0 saturated heterocycles. The normalized spacial score (nSPS) is 11.9. The van der Waals surface area contributed by atoms with Crippen LogP contribution in [0.2, 0.25) is 0 Å². The van der Waals surface area contributed by atoms with Crippen LogP contribution in [-0.4, -0.2) is 6.04 Å². The Morgan fingerprint density at radius 2 is 1.65 bits per heavy atom. The smallest absolute Gasteiger partial charge is 0.0991 e. The van der Waals surface area contributed by atoms with Gasteiger partial charge in [-0.05, 0) is 42.2 Å². The van der Waals surface area contributed by atoms with Crippen molar-refractivity contribution in [3.05, 3.63) is 65.7 Å². The molecule has 0 aliphatic heterocycles. The van der Waals surface area contributed by atoms with E-state index in [1.165, 1.54) is 5.56 Å². The highest BCUT2D eigenvalue weighted by atomic mass is 14.9. The quantitative estimate of drug-likeness (QED) is 0.876. The Balaban J connectivity index is 2.07. The Labute approximate surface area is 121 Å². The van der Waals surface area contributed by atoms with E-state index >= 15 is 0 Å². The molecule has 0 aliphatic rings. The van der Waals surface area contributed by atoms with Crippen LogP contribution in [0.15, 0.2) is 54.6 Å². The fraction of sp³-hybridized carbons (Fsp3) is 0.278. The zero-order chi connectivity index (χ0) is 14.4. The number of nitrogens with zero attached hydrogens (tertiary/aromatic N) is 1. The molecule has 2 aromatic rings. The number of benzene rings is 2. The zero-order valence-corrected chi connectivity index (χ0v) is 12.0. The Kier molecular flexibility index (Phi) is 4.79. The van der Waals surface area contributed by atoms with E-state index in [4.69, 9.17) is 5.26 Å². The maximum atomic E-state index is 8.82. The van der Waals surface area contributed by atoms with Crippen LogP contribution in [0.1, 0.15) is 25.0 Å². The molecule has 0 radical (unpaired) electrons. The standard InChI is InChI=1S/C18H20N2/c1-14(2)18(12-15-6-4-3-5-7-15)20-17-10-8-16(13-19)9-11-17/h3-11,14,18,20H,12H2,1-2H3. The lowest BCUT2D eigenvalue weighted by Crippen LogP contribution is -2.28. The number of anilines is 1. The van der Waals surface area contributed by atoms with Crippen molar-refractivity contribution in [3.8, 4) is 6.07 Å². The van der Waals surface area contributed by atoms with Crippen molar-refractivity contribution in [1.29, 1.82) is 5.26 Å². The number of rotatable bonds is 5. The summed E-state index contributed by atoms with van der Waals surface area (Å²) in [6.07, 6.45) is 0.999. The molecule has 102 valence electrons. The molecule has 0 saturated carbocycles. The van der Waals surface area contributed by atoms with Crippen molar-refractivity contribution in [3.63, 3.8) is 0 Å². The van der Waals surface area contributed by atoms with Gasteiger partial charge >= 0.3 is 0 Å². The van der Waals surface area contributed by atoms with E-state index in [0.717, 1.165) is 12.1 Å². The monoisotopic (exact) mass is 264 g/mol. The van der Waals surface area contributed by atoms with Gasteiger partial charge in [-0.1, -0.05) is 44.2 Å². The largest absolute Gasteiger partial charge is 0.382 e. The number of nitrogens with one attached hydrogen (secondary N) is 1. The molecule has 2 heteroatoms. The van der Waals surface area contributed by atoms with Crippen LogP contribution < -0.4 is 5.32 Å². The van der Waals surface area contributed by atoms with Crippen molar-refractivity contribution in [1.82, 2.24) is 0 Å². The van der Waals surface area contributed by atoms with Gasteiger partial charge in [0.05, 0.1) is 11.6 Å². The predicted molar refractivity (Wildman–Crippen MR) is 83.6 cm³/mol. The second-order valence-electron chi connectivity index (χ2n) is 5.37. The van der Waals surface area contributed by atoms with Crippen molar-refractivity contribution < 1.29 is 0 Å². The first kappa shape index (κ1) is 14.1. The Morgan fingerprint density at radius 3 is 2.20 bits per heavy atom. The maximum Gasteiger partial charge on any atom is 0.0991 e. The minimum absolute atomic E-state index is 0.380. The first-order valence-corrected chi connectivity index (χ1v) is 6.99. The molecule has 2 nitrogen and oxygen atoms in total. The van der Waals surface area contributed by atoms with E-state index in [2.05, 4.69) is 49.5 Å². The van der Waals surface area contributed by atoms with E-state index in [9.17, 15) is 0 Å². The molecule has 1 unspecified atom stereocenters. The van der Waals surface area contributed by atoms with E-state index < -0.39 is 0 Å². The second kappa shape index (κ2) is 6.77. The minimum atomic E-state index is 0.380. The summed E-state index contributed by atoms with van der Waals surface area (Å²) in [4.78, 5) is 0. The molecule has 20 heavy (non-hydrogen) atoms. The van der Waals surface area contributed by atoms with Crippen molar-refractivity contribution in [2.45, 2.75) is 26.3 Å². The Bertz CT molecular complexity index is 565. The minimum Gasteiger partial charge on any atom is -0.382 e. The Hall–Kier alpha value is -2.27. The lowest BCUT2D eigenvalue weighted by molar-refractivity contribution is 0.521. The molecular formula is C18H20N2. The molecule has 0 amide bonds. The lowest BCUT2D eigenvalue weighted by Gasteiger charge is -2.24. The highest BCUT2D eigenvalue weighted by Crippen LogP contribution is 2.17.